The molecule has 1 rings (SSSR count). The van der Waals surface area contributed by atoms with Crippen molar-refractivity contribution in [1.29, 1.82) is 0 Å². The molecule has 0 aliphatic carbocycles. The van der Waals surface area contributed by atoms with Crippen LogP contribution in [0.5, 0.6) is 0 Å². The van der Waals surface area contributed by atoms with Crippen LogP contribution in [0, 0.1) is 5.82 Å². The summed E-state index contributed by atoms with van der Waals surface area (Å²) in [6.45, 7) is 4.00. The Morgan fingerprint density at radius 3 is 2.60 bits per heavy atom. The van der Waals surface area contributed by atoms with E-state index in [-0.39, 0.29) is 17.3 Å². The lowest BCUT2D eigenvalue weighted by atomic mass is 10.1. The number of aromatic carboxylic acids is 1. The highest BCUT2D eigenvalue weighted by molar-refractivity contribution is 5.91. The molecule has 1 amide bonds. The second kappa shape index (κ2) is 6.23. The molecule has 0 spiro atoms. The molecule has 0 aliphatic rings. The van der Waals surface area contributed by atoms with E-state index in [1.807, 2.05) is 6.92 Å². The Morgan fingerprint density at radius 2 is 2.10 bits per heavy atom. The Balaban J connectivity index is 2.96. The number of halogens is 1. The smallest absolute Gasteiger partial charge is 0.338 e. The number of nitrogens with one attached hydrogen (secondary N) is 1. The van der Waals surface area contributed by atoms with Crippen molar-refractivity contribution in [2.45, 2.75) is 19.9 Å². The molecular weight excluding hydrogens is 265 g/mol. The molecule has 0 aromatic heterocycles. The molecule has 0 saturated carbocycles. The van der Waals surface area contributed by atoms with E-state index in [1.54, 1.807) is 14.0 Å². The van der Waals surface area contributed by atoms with Gasteiger partial charge in [-0.05, 0) is 26.0 Å². The summed E-state index contributed by atoms with van der Waals surface area (Å²) in [6, 6.07) is 1.41. The molecule has 0 bridgehead atoms. The van der Waals surface area contributed by atoms with Crippen LogP contribution in [0.3, 0.4) is 0 Å². The largest absolute Gasteiger partial charge is 0.478 e. The first-order valence-corrected chi connectivity index (χ1v) is 6.11. The fourth-order valence-electron chi connectivity index (χ4n) is 1.66. The van der Waals surface area contributed by atoms with Gasteiger partial charge in [0.15, 0.2) is 0 Å². The van der Waals surface area contributed by atoms with Crippen LogP contribution in [-0.4, -0.2) is 41.5 Å². The number of benzene rings is 1. The summed E-state index contributed by atoms with van der Waals surface area (Å²) < 4.78 is 13.6. The van der Waals surface area contributed by atoms with E-state index in [1.165, 1.54) is 4.90 Å². The van der Waals surface area contributed by atoms with Crippen molar-refractivity contribution in [3.05, 3.63) is 23.5 Å². The summed E-state index contributed by atoms with van der Waals surface area (Å²) in [4.78, 5) is 24.2. The molecule has 0 aliphatic heterocycles. The maximum Gasteiger partial charge on any atom is 0.338 e. The molecule has 0 heterocycles. The topological polar surface area (TPSA) is 95.7 Å². The van der Waals surface area contributed by atoms with Crippen LogP contribution in [0.4, 0.5) is 15.8 Å². The quantitative estimate of drug-likeness (QED) is 0.710. The third-order valence-electron chi connectivity index (χ3n) is 2.96. The van der Waals surface area contributed by atoms with E-state index in [0.29, 0.717) is 6.54 Å². The average Bonchev–Trinajstić information content (AvgIpc) is 2.40. The maximum atomic E-state index is 13.6. The molecule has 1 aromatic rings. The summed E-state index contributed by atoms with van der Waals surface area (Å²) in [7, 11) is 1.65. The van der Waals surface area contributed by atoms with Gasteiger partial charge in [-0.2, -0.15) is 0 Å². The molecule has 0 fully saturated rings. The van der Waals surface area contributed by atoms with Crippen LogP contribution in [0.2, 0.25) is 0 Å². The Kier molecular flexibility index (Phi) is 4.90. The third kappa shape index (κ3) is 3.37. The van der Waals surface area contributed by atoms with E-state index in [2.05, 4.69) is 5.32 Å². The summed E-state index contributed by atoms with van der Waals surface area (Å²) in [5.74, 6) is -2.47. The predicted molar refractivity (Wildman–Crippen MR) is 74.2 cm³/mol. The van der Waals surface area contributed by atoms with Gasteiger partial charge in [0, 0.05) is 13.6 Å². The fraction of sp³-hybridized carbons (Fsp3) is 0.385. The van der Waals surface area contributed by atoms with Crippen molar-refractivity contribution in [3.63, 3.8) is 0 Å². The Hall–Kier alpha value is -2.31. The molecule has 0 radical (unpaired) electrons. The van der Waals surface area contributed by atoms with Crippen molar-refractivity contribution < 1.29 is 19.1 Å². The van der Waals surface area contributed by atoms with Crippen molar-refractivity contribution in [2.24, 2.45) is 0 Å². The molecule has 6 nitrogen and oxygen atoms in total. The lowest BCUT2D eigenvalue weighted by Crippen LogP contribution is -2.39. The van der Waals surface area contributed by atoms with Gasteiger partial charge in [-0.3, -0.25) is 4.79 Å². The molecule has 1 aromatic carbocycles. The zero-order valence-corrected chi connectivity index (χ0v) is 11.6. The number of carboxylic acids is 1. The van der Waals surface area contributed by atoms with E-state index < -0.39 is 23.4 Å². The number of nitrogen functional groups attached to an aromatic ring is 1. The molecular formula is C13H18FN3O3. The highest BCUT2D eigenvalue weighted by Gasteiger charge is 2.19. The Morgan fingerprint density at radius 1 is 1.50 bits per heavy atom. The second-order valence-corrected chi connectivity index (χ2v) is 4.44. The molecule has 4 N–H and O–H groups in total. The lowest BCUT2D eigenvalue weighted by molar-refractivity contribution is -0.130. The van der Waals surface area contributed by atoms with Crippen molar-refractivity contribution in [2.75, 3.05) is 24.6 Å². The first-order chi connectivity index (χ1) is 9.27. The highest BCUT2D eigenvalue weighted by atomic mass is 19.1. The number of likely N-dealkylation sites (N-methyl/N-ethyl adjacent to an activating group) is 1. The lowest BCUT2D eigenvalue weighted by Gasteiger charge is -2.22. The number of nitrogens with two attached hydrogens (primary N) is 1. The number of carbonyl (C=O) groups is 2. The predicted octanol–water partition coefficient (Wildman–Crippen LogP) is 1.38. The fourth-order valence-corrected chi connectivity index (χ4v) is 1.66. The van der Waals surface area contributed by atoms with Gasteiger partial charge in [0.25, 0.3) is 0 Å². The van der Waals surface area contributed by atoms with Gasteiger partial charge in [0.1, 0.15) is 11.9 Å². The van der Waals surface area contributed by atoms with E-state index in [4.69, 9.17) is 10.8 Å². The van der Waals surface area contributed by atoms with E-state index in [0.717, 1.165) is 12.1 Å². The van der Waals surface area contributed by atoms with E-state index in [9.17, 15) is 14.0 Å². The Labute approximate surface area is 116 Å². The number of nitrogens with zero attached hydrogens (tertiary/aromatic N) is 1. The van der Waals surface area contributed by atoms with Gasteiger partial charge in [-0.15, -0.1) is 0 Å². The van der Waals surface area contributed by atoms with Crippen molar-refractivity contribution >= 4 is 23.3 Å². The number of carboxylic acid groups (broad SMARTS) is 1. The monoisotopic (exact) mass is 283 g/mol. The SMILES string of the molecule is CCN(C)C(=O)C(C)Nc1cc(F)c(C(=O)O)cc1N. The third-order valence-corrected chi connectivity index (χ3v) is 2.96. The van der Waals surface area contributed by atoms with Crippen LogP contribution in [0.25, 0.3) is 0 Å². The van der Waals surface area contributed by atoms with Gasteiger partial charge in [0.2, 0.25) is 5.91 Å². The number of amides is 1. The number of hydrogen-bond donors (Lipinski definition) is 3. The molecule has 110 valence electrons. The minimum absolute atomic E-state index is 0.0719. The first kappa shape index (κ1) is 15.7. The standard InChI is InChI=1S/C13H18FN3O3/c1-4-17(3)12(18)7(2)16-11-6-9(14)8(13(19)20)5-10(11)15/h5-7,16H,4,15H2,1-3H3,(H,19,20). The minimum atomic E-state index is -1.39. The van der Waals surface area contributed by atoms with Crippen LogP contribution in [0.15, 0.2) is 12.1 Å². The normalized spacial score (nSPS) is 11.8. The molecule has 1 unspecified atom stereocenters. The summed E-state index contributed by atoms with van der Waals surface area (Å²) in [5, 5.41) is 11.6. The first-order valence-electron chi connectivity index (χ1n) is 6.11. The number of carbonyl (C=O) groups excluding carboxylic acids is 1. The van der Waals surface area contributed by atoms with Crippen LogP contribution in [-0.2, 0) is 4.79 Å². The summed E-state index contributed by atoms with van der Waals surface area (Å²) in [5.41, 5.74) is 5.43. The molecule has 0 saturated heterocycles. The molecule has 7 heteroatoms. The maximum absolute atomic E-state index is 13.6. The summed E-state index contributed by atoms with van der Waals surface area (Å²) >= 11 is 0. The molecule has 1 atom stereocenters. The van der Waals surface area contributed by atoms with Gasteiger partial charge in [-0.1, -0.05) is 0 Å². The van der Waals surface area contributed by atoms with Gasteiger partial charge >= 0.3 is 5.97 Å². The highest BCUT2D eigenvalue weighted by Crippen LogP contribution is 2.24. The number of hydrogen-bond acceptors (Lipinski definition) is 4. The van der Waals surface area contributed by atoms with Crippen molar-refractivity contribution in [1.82, 2.24) is 4.90 Å². The van der Waals surface area contributed by atoms with Crippen LogP contribution in [0.1, 0.15) is 24.2 Å². The van der Waals surface area contributed by atoms with Gasteiger partial charge < -0.3 is 21.1 Å². The average molecular weight is 283 g/mol. The molecule has 20 heavy (non-hydrogen) atoms. The number of rotatable bonds is 5. The zero-order chi connectivity index (χ0) is 15.4. The van der Waals surface area contributed by atoms with Crippen LogP contribution >= 0.6 is 0 Å². The van der Waals surface area contributed by atoms with E-state index >= 15 is 0 Å². The van der Waals surface area contributed by atoms with Gasteiger partial charge in [-0.25, -0.2) is 9.18 Å². The minimum Gasteiger partial charge on any atom is -0.478 e. The second-order valence-electron chi connectivity index (χ2n) is 4.44. The van der Waals surface area contributed by atoms with Crippen molar-refractivity contribution in [3.8, 4) is 0 Å². The summed E-state index contributed by atoms with van der Waals surface area (Å²) in [6.07, 6.45) is 0. The number of anilines is 2. The van der Waals surface area contributed by atoms with Crippen LogP contribution < -0.4 is 11.1 Å². The zero-order valence-electron chi connectivity index (χ0n) is 11.6. The van der Waals surface area contributed by atoms with Gasteiger partial charge in [0.05, 0.1) is 16.9 Å². The Bertz CT molecular complexity index is 534.